The van der Waals surface area contributed by atoms with E-state index in [-0.39, 0.29) is 30.2 Å². The van der Waals surface area contributed by atoms with Gasteiger partial charge in [0.15, 0.2) is 5.82 Å². The van der Waals surface area contributed by atoms with Gasteiger partial charge in [-0.2, -0.15) is 4.98 Å². The summed E-state index contributed by atoms with van der Waals surface area (Å²) < 4.78 is 5.23. The molecule has 0 spiro atoms. The third-order valence-corrected chi connectivity index (χ3v) is 4.56. The summed E-state index contributed by atoms with van der Waals surface area (Å²) in [6, 6.07) is 0. The first-order valence-electron chi connectivity index (χ1n) is 8.40. The molecule has 0 atom stereocenters. The summed E-state index contributed by atoms with van der Waals surface area (Å²) in [6.07, 6.45) is 3.34. The van der Waals surface area contributed by atoms with Crippen molar-refractivity contribution in [3.63, 3.8) is 0 Å². The van der Waals surface area contributed by atoms with E-state index >= 15 is 0 Å². The van der Waals surface area contributed by atoms with Gasteiger partial charge in [0.25, 0.3) is 0 Å². The Kier molecular flexibility index (Phi) is 6.12. The largest absolute Gasteiger partial charge is 0.347 e. The standard InChI is InChI=1S/C16H26N4O3/c1-4-12(5-2)16(22)17-10-14-18-15(19-23-14)13-6-8-20(9-7-13)11(3)21/h12-13H,4-10H2,1-3H3,(H,17,22). The minimum Gasteiger partial charge on any atom is -0.347 e. The van der Waals surface area contributed by atoms with Crippen LogP contribution in [0.2, 0.25) is 0 Å². The quantitative estimate of drug-likeness (QED) is 0.863. The second kappa shape index (κ2) is 8.08. The lowest BCUT2D eigenvalue weighted by Crippen LogP contribution is -2.36. The Morgan fingerprint density at radius 2 is 1.96 bits per heavy atom. The van der Waals surface area contributed by atoms with E-state index in [2.05, 4.69) is 15.5 Å². The van der Waals surface area contributed by atoms with Gasteiger partial charge in [-0.25, -0.2) is 0 Å². The van der Waals surface area contributed by atoms with Crippen LogP contribution in [-0.2, 0) is 16.1 Å². The summed E-state index contributed by atoms with van der Waals surface area (Å²) in [4.78, 5) is 29.5. The van der Waals surface area contributed by atoms with Crippen LogP contribution in [-0.4, -0.2) is 39.9 Å². The minimum absolute atomic E-state index is 0.0320. The highest BCUT2D eigenvalue weighted by Crippen LogP contribution is 2.25. The lowest BCUT2D eigenvalue weighted by molar-refractivity contribution is -0.130. The van der Waals surface area contributed by atoms with Crippen molar-refractivity contribution in [2.24, 2.45) is 5.92 Å². The molecule has 1 aromatic heterocycles. The van der Waals surface area contributed by atoms with Crippen LogP contribution >= 0.6 is 0 Å². The number of carbonyl (C=O) groups is 2. The second-order valence-corrected chi connectivity index (χ2v) is 6.06. The maximum Gasteiger partial charge on any atom is 0.246 e. The number of rotatable bonds is 6. The summed E-state index contributed by atoms with van der Waals surface area (Å²) in [5.41, 5.74) is 0. The Bertz CT molecular complexity index is 531. The zero-order valence-electron chi connectivity index (χ0n) is 14.2. The van der Waals surface area contributed by atoms with Crippen LogP contribution in [0.4, 0.5) is 0 Å². The number of aromatic nitrogens is 2. The summed E-state index contributed by atoms with van der Waals surface area (Å²) in [6.45, 7) is 7.34. The normalized spacial score (nSPS) is 15.9. The minimum atomic E-state index is 0.0320. The van der Waals surface area contributed by atoms with Crippen molar-refractivity contribution in [2.45, 2.75) is 58.9 Å². The van der Waals surface area contributed by atoms with Gasteiger partial charge in [0.1, 0.15) is 0 Å². The first kappa shape index (κ1) is 17.4. The average Bonchev–Trinajstić information content (AvgIpc) is 3.03. The van der Waals surface area contributed by atoms with E-state index in [4.69, 9.17) is 4.52 Å². The molecule has 1 aromatic rings. The van der Waals surface area contributed by atoms with Gasteiger partial charge in [0, 0.05) is 31.8 Å². The molecule has 23 heavy (non-hydrogen) atoms. The number of carbonyl (C=O) groups excluding carboxylic acids is 2. The number of hydrogen-bond acceptors (Lipinski definition) is 5. The fraction of sp³-hybridized carbons (Fsp3) is 0.750. The van der Waals surface area contributed by atoms with Crippen molar-refractivity contribution < 1.29 is 14.1 Å². The van der Waals surface area contributed by atoms with E-state index in [9.17, 15) is 9.59 Å². The number of piperidine rings is 1. The van der Waals surface area contributed by atoms with Gasteiger partial charge in [-0.1, -0.05) is 19.0 Å². The Hall–Kier alpha value is -1.92. The van der Waals surface area contributed by atoms with Gasteiger partial charge < -0.3 is 14.7 Å². The summed E-state index contributed by atoms with van der Waals surface area (Å²) >= 11 is 0. The van der Waals surface area contributed by atoms with Gasteiger partial charge in [-0.05, 0) is 25.7 Å². The molecule has 1 aliphatic rings. The Labute approximate surface area is 136 Å². The molecule has 0 bridgehead atoms. The highest BCUT2D eigenvalue weighted by Gasteiger charge is 2.25. The maximum atomic E-state index is 11.9. The van der Waals surface area contributed by atoms with Crippen LogP contribution in [0.15, 0.2) is 4.52 Å². The maximum absolute atomic E-state index is 11.9. The topological polar surface area (TPSA) is 88.3 Å². The van der Waals surface area contributed by atoms with Crippen LogP contribution in [0.5, 0.6) is 0 Å². The predicted octanol–water partition coefficient (Wildman–Crippen LogP) is 1.85. The van der Waals surface area contributed by atoms with E-state index in [0.29, 0.717) is 11.7 Å². The van der Waals surface area contributed by atoms with Gasteiger partial charge in [0.05, 0.1) is 6.54 Å². The van der Waals surface area contributed by atoms with Crippen LogP contribution in [0, 0.1) is 5.92 Å². The molecule has 2 heterocycles. The first-order chi connectivity index (χ1) is 11.0. The van der Waals surface area contributed by atoms with E-state index in [1.807, 2.05) is 18.7 Å². The molecule has 128 valence electrons. The molecule has 0 aromatic carbocycles. The zero-order valence-corrected chi connectivity index (χ0v) is 14.2. The molecule has 7 nitrogen and oxygen atoms in total. The molecule has 1 saturated heterocycles. The zero-order chi connectivity index (χ0) is 16.8. The Morgan fingerprint density at radius 1 is 1.30 bits per heavy atom. The predicted molar refractivity (Wildman–Crippen MR) is 84.4 cm³/mol. The first-order valence-corrected chi connectivity index (χ1v) is 8.40. The molecular formula is C16H26N4O3. The summed E-state index contributed by atoms with van der Waals surface area (Å²) in [5.74, 6) is 1.52. The number of nitrogens with zero attached hydrogens (tertiary/aromatic N) is 3. The van der Waals surface area contributed by atoms with Crippen molar-refractivity contribution >= 4 is 11.8 Å². The molecule has 7 heteroatoms. The molecule has 2 amide bonds. The molecule has 1 aliphatic heterocycles. The van der Waals surface area contributed by atoms with Crippen molar-refractivity contribution in [2.75, 3.05) is 13.1 Å². The van der Waals surface area contributed by atoms with E-state index in [1.165, 1.54) is 0 Å². The van der Waals surface area contributed by atoms with E-state index < -0.39 is 0 Å². The van der Waals surface area contributed by atoms with Crippen LogP contribution in [0.1, 0.15) is 64.1 Å². The third-order valence-electron chi connectivity index (χ3n) is 4.56. The molecule has 0 aliphatic carbocycles. The van der Waals surface area contributed by atoms with Crippen molar-refractivity contribution in [3.05, 3.63) is 11.7 Å². The third kappa shape index (κ3) is 4.53. The highest BCUT2D eigenvalue weighted by atomic mass is 16.5. The van der Waals surface area contributed by atoms with E-state index in [0.717, 1.165) is 38.8 Å². The molecular weight excluding hydrogens is 296 g/mol. The smallest absolute Gasteiger partial charge is 0.246 e. The molecule has 0 radical (unpaired) electrons. The second-order valence-electron chi connectivity index (χ2n) is 6.06. The monoisotopic (exact) mass is 322 g/mol. The lowest BCUT2D eigenvalue weighted by atomic mass is 9.96. The van der Waals surface area contributed by atoms with Gasteiger partial charge in [-0.3, -0.25) is 9.59 Å². The summed E-state index contributed by atoms with van der Waals surface area (Å²) in [7, 11) is 0. The fourth-order valence-electron chi connectivity index (χ4n) is 2.92. The number of amides is 2. The molecule has 0 saturated carbocycles. The fourth-order valence-corrected chi connectivity index (χ4v) is 2.92. The SMILES string of the molecule is CCC(CC)C(=O)NCc1nc(C2CCN(C(C)=O)CC2)no1. The number of likely N-dealkylation sites (tertiary alicyclic amines) is 1. The number of nitrogens with one attached hydrogen (secondary N) is 1. The van der Waals surface area contributed by atoms with Crippen molar-refractivity contribution in [1.82, 2.24) is 20.4 Å². The highest BCUT2D eigenvalue weighted by molar-refractivity contribution is 5.78. The Balaban J connectivity index is 1.84. The molecule has 1 N–H and O–H groups in total. The lowest BCUT2D eigenvalue weighted by Gasteiger charge is -2.29. The van der Waals surface area contributed by atoms with E-state index in [1.54, 1.807) is 6.92 Å². The summed E-state index contributed by atoms with van der Waals surface area (Å²) in [5, 5.41) is 6.88. The van der Waals surface area contributed by atoms with Crippen LogP contribution in [0.3, 0.4) is 0 Å². The van der Waals surface area contributed by atoms with Crippen molar-refractivity contribution in [3.8, 4) is 0 Å². The van der Waals surface area contributed by atoms with Crippen LogP contribution < -0.4 is 5.32 Å². The van der Waals surface area contributed by atoms with Gasteiger partial charge in [-0.15, -0.1) is 0 Å². The molecule has 1 fully saturated rings. The average molecular weight is 322 g/mol. The van der Waals surface area contributed by atoms with Crippen molar-refractivity contribution in [1.29, 1.82) is 0 Å². The molecule has 0 unspecified atom stereocenters. The van der Waals surface area contributed by atoms with Gasteiger partial charge in [0.2, 0.25) is 17.7 Å². The number of hydrogen-bond donors (Lipinski definition) is 1. The Morgan fingerprint density at radius 3 is 2.52 bits per heavy atom. The van der Waals surface area contributed by atoms with Gasteiger partial charge >= 0.3 is 0 Å². The molecule has 2 rings (SSSR count). The van der Waals surface area contributed by atoms with Crippen LogP contribution in [0.25, 0.3) is 0 Å².